The highest BCUT2D eigenvalue weighted by molar-refractivity contribution is 7.89. The van der Waals surface area contributed by atoms with Gasteiger partial charge in [-0.25, -0.2) is 24.0 Å². The molecule has 8 heteroatoms. The minimum absolute atomic E-state index is 0.0342. The molecular formula is C11H20N4O3S. The van der Waals surface area contributed by atoms with Gasteiger partial charge >= 0.3 is 0 Å². The molecular weight excluding hydrogens is 268 g/mol. The lowest BCUT2D eigenvalue weighted by Gasteiger charge is -2.10. The van der Waals surface area contributed by atoms with Gasteiger partial charge in [-0.2, -0.15) is 0 Å². The molecule has 0 bridgehead atoms. The maximum atomic E-state index is 12.0. The van der Waals surface area contributed by atoms with Crippen LogP contribution in [-0.4, -0.2) is 33.2 Å². The minimum Gasteiger partial charge on any atom is -0.381 e. The molecule has 7 nitrogen and oxygen atoms in total. The van der Waals surface area contributed by atoms with Crippen molar-refractivity contribution in [1.82, 2.24) is 9.71 Å². The van der Waals surface area contributed by atoms with Crippen molar-refractivity contribution in [2.24, 2.45) is 5.84 Å². The molecule has 1 rings (SSSR count). The molecule has 19 heavy (non-hydrogen) atoms. The van der Waals surface area contributed by atoms with Crippen LogP contribution in [0.25, 0.3) is 0 Å². The number of anilines is 1. The normalized spacial score (nSPS) is 11.5. The summed E-state index contributed by atoms with van der Waals surface area (Å²) < 4.78 is 31.8. The van der Waals surface area contributed by atoms with Gasteiger partial charge in [-0.15, -0.1) is 0 Å². The Balaban J connectivity index is 2.52. The molecule has 0 aliphatic carbocycles. The zero-order chi connectivity index (χ0) is 14.1. The van der Waals surface area contributed by atoms with E-state index in [1.165, 1.54) is 12.3 Å². The van der Waals surface area contributed by atoms with Crippen LogP contribution in [0.3, 0.4) is 0 Å². The standard InChI is InChI=1S/C11H20N4O3S/c1-2-8-18-9-4-7-14-19(16,17)10-5-3-6-13-11(10)15-12/h3,5-6,14H,2,4,7-9,12H2,1H3,(H,13,15). The molecule has 1 aromatic heterocycles. The first-order chi connectivity index (χ1) is 9.11. The first kappa shape index (κ1) is 15.8. The van der Waals surface area contributed by atoms with Gasteiger partial charge in [0.2, 0.25) is 10.0 Å². The summed E-state index contributed by atoms with van der Waals surface area (Å²) >= 11 is 0. The van der Waals surface area contributed by atoms with E-state index in [1.807, 2.05) is 6.92 Å². The number of nitrogen functional groups attached to an aromatic ring is 1. The Morgan fingerprint density at radius 2 is 2.21 bits per heavy atom. The fourth-order valence-corrected chi connectivity index (χ4v) is 2.61. The van der Waals surface area contributed by atoms with Gasteiger partial charge in [0.15, 0.2) is 5.82 Å². The Bertz CT molecular complexity index is 479. The van der Waals surface area contributed by atoms with E-state index >= 15 is 0 Å². The predicted molar refractivity (Wildman–Crippen MR) is 73.0 cm³/mol. The van der Waals surface area contributed by atoms with Crippen LogP contribution in [0.5, 0.6) is 0 Å². The highest BCUT2D eigenvalue weighted by Crippen LogP contribution is 2.16. The molecule has 0 aromatic carbocycles. The van der Waals surface area contributed by atoms with Crippen molar-refractivity contribution >= 4 is 15.8 Å². The smallest absolute Gasteiger partial charge is 0.244 e. The number of hydrazine groups is 1. The number of pyridine rings is 1. The predicted octanol–water partition coefficient (Wildman–Crippen LogP) is 0.462. The highest BCUT2D eigenvalue weighted by atomic mass is 32.2. The van der Waals surface area contributed by atoms with Crippen LogP contribution < -0.4 is 16.0 Å². The number of nitrogens with two attached hydrogens (primary N) is 1. The molecule has 0 atom stereocenters. The molecule has 0 saturated carbocycles. The van der Waals surface area contributed by atoms with Gasteiger partial charge in [-0.1, -0.05) is 6.92 Å². The monoisotopic (exact) mass is 288 g/mol. The lowest BCUT2D eigenvalue weighted by molar-refractivity contribution is 0.133. The Hall–Kier alpha value is -1.22. The van der Waals surface area contributed by atoms with E-state index in [0.29, 0.717) is 26.2 Å². The summed E-state index contributed by atoms with van der Waals surface area (Å²) in [5.74, 6) is 5.35. The van der Waals surface area contributed by atoms with E-state index in [2.05, 4.69) is 15.1 Å². The van der Waals surface area contributed by atoms with Gasteiger partial charge in [0.1, 0.15) is 4.90 Å². The van der Waals surface area contributed by atoms with Gasteiger partial charge in [0, 0.05) is 26.0 Å². The Kier molecular flexibility index (Phi) is 6.71. The first-order valence-electron chi connectivity index (χ1n) is 6.11. The number of hydrogen-bond acceptors (Lipinski definition) is 6. The van der Waals surface area contributed by atoms with Crippen LogP contribution in [0.4, 0.5) is 5.82 Å². The number of hydrogen-bond donors (Lipinski definition) is 3. The molecule has 0 unspecified atom stereocenters. The second kappa shape index (κ2) is 8.05. The van der Waals surface area contributed by atoms with E-state index in [9.17, 15) is 8.42 Å². The van der Waals surface area contributed by atoms with E-state index in [4.69, 9.17) is 10.6 Å². The van der Waals surface area contributed by atoms with Crippen molar-refractivity contribution < 1.29 is 13.2 Å². The average molecular weight is 288 g/mol. The van der Waals surface area contributed by atoms with Gasteiger partial charge in [0.05, 0.1) is 0 Å². The molecule has 4 N–H and O–H groups in total. The third kappa shape index (κ3) is 5.11. The second-order valence-electron chi connectivity index (χ2n) is 3.86. The van der Waals surface area contributed by atoms with Crippen molar-refractivity contribution in [3.63, 3.8) is 0 Å². The second-order valence-corrected chi connectivity index (χ2v) is 5.59. The topological polar surface area (TPSA) is 106 Å². The summed E-state index contributed by atoms with van der Waals surface area (Å²) in [6, 6.07) is 2.98. The van der Waals surface area contributed by atoms with Crippen LogP contribution in [0, 0.1) is 0 Å². The quantitative estimate of drug-likeness (QED) is 0.346. The van der Waals surface area contributed by atoms with Crippen molar-refractivity contribution in [2.45, 2.75) is 24.7 Å². The molecule has 0 aliphatic rings. The maximum absolute atomic E-state index is 12.0. The Morgan fingerprint density at radius 3 is 2.89 bits per heavy atom. The zero-order valence-electron chi connectivity index (χ0n) is 10.9. The highest BCUT2D eigenvalue weighted by Gasteiger charge is 2.18. The molecule has 0 fully saturated rings. The van der Waals surface area contributed by atoms with Gasteiger partial charge in [-0.05, 0) is 25.0 Å². The van der Waals surface area contributed by atoms with Crippen LogP contribution in [0.1, 0.15) is 19.8 Å². The van der Waals surface area contributed by atoms with Crippen molar-refractivity contribution in [3.8, 4) is 0 Å². The van der Waals surface area contributed by atoms with Crippen LogP contribution >= 0.6 is 0 Å². The fourth-order valence-electron chi connectivity index (χ4n) is 1.42. The van der Waals surface area contributed by atoms with Crippen molar-refractivity contribution in [3.05, 3.63) is 18.3 Å². The largest absolute Gasteiger partial charge is 0.381 e. The minimum atomic E-state index is -3.61. The van der Waals surface area contributed by atoms with Crippen molar-refractivity contribution in [1.29, 1.82) is 0 Å². The Morgan fingerprint density at radius 1 is 1.42 bits per heavy atom. The number of ether oxygens (including phenoxy) is 1. The number of aromatic nitrogens is 1. The molecule has 0 radical (unpaired) electrons. The third-order valence-electron chi connectivity index (χ3n) is 2.30. The van der Waals surface area contributed by atoms with Gasteiger partial charge in [0.25, 0.3) is 0 Å². The third-order valence-corrected chi connectivity index (χ3v) is 3.80. The summed E-state index contributed by atoms with van der Waals surface area (Å²) in [6.07, 6.45) is 3.03. The van der Waals surface area contributed by atoms with E-state index < -0.39 is 10.0 Å². The summed E-state index contributed by atoms with van der Waals surface area (Å²) in [7, 11) is -3.61. The van der Waals surface area contributed by atoms with Crippen LogP contribution in [-0.2, 0) is 14.8 Å². The molecule has 108 valence electrons. The lowest BCUT2D eigenvalue weighted by atomic mass is 10.4. The summed E-state index contributed by atoms with van der Waals surface area (Å²) in [5.41, 5.74) is 2.27. The number of rotatable bonds is 9. The van der Waals surface area contributed by atoms with Gasteiger partial charge < -0.3 is 10.2 Å². The number of nitrogens with zero attached hydrogens (tertiary/aromatic N) is 1. The van der Waals surface area contributed by atoms with Crippen LogP contribution in [0.2, 0.25) is 0 Å². The molecule has 0 amide bonds. The molecule has 0 aliphatic heterocycles. The number of nitrogens with one attached hydrogen (secondary N) is 2. The van der Waals surface area contributed by atoms with Crippen LogP contribution in [0.15, 0.2) is 23.2 Å². The van der Waals surface area contributed by atoms with Gasteiger partial charge in [-0.3, -0.25) is 0 Å². The maximum Gasteiger partial charge on any atom is 0.244 e. The average Bonchev–Trinajstić information content (AvgIpc) is 2.42. The summed E-state index contributed by atoms with van der Waals surface area (Å²) in [6.45, 7) is 3.55. The fraction of sp³-hybridized carbons (Fsp3) is 0.545. The number of sulfonamides is 1. The molecule has 1 heterocycles. The van der Waals surface area contributed by atoms with E-state index in [1.54, 1.807) is 6.07 Å². The van der Waals surface area contributed by atoms with Crippen molar-refractivity contribution in [2.75, 3.05) is 25.2 Å². The zero-order valence-corrected chi connectivity index (χ0v) is 11.7. The summed E-state index contributed by atoms with van der Waals surface area (Å²) in [5, 5.41) is 0. The summed E-state index contributed by atoms with van der Waals surface area (Å²) in [4.78, 5) is 3.89. The Labute approximate surface area is 113 Å². The van der Waals surface area contributed by atoms with E-state index in [-0.39, 0.29) is 10.7 Å². The molecule has 1 aromatic rings. The first-order valence-corrected chi connectivity index (χ1v) is 7.59. The van der Waals surface area contributed by atoms with E-state index in [0.717, 1.165) is 6.42 Å². The SMILES string of the molecule is CCCOCCCNS(=O)(=O)c1cccnc1NN. The molecule has 0 spiro atoms. The molecule has 0 saturated heterocycles. The lowest BCUT2D eigenvalue weighted by Crippen LogP contribution is -2.27.